The number of aromatic nitrogens is 1. The molecule has 1 aromatic rings. The van der Waals surface area contributed by atoms with Gasteiger partial charge in [-0.2, -0.15) is 5.26 Å². The van der Waals surface area contributed by atoms with Crippen molar-refractivity contribution in [3.63, 3.8) is 0 Å². The summed E-state index contributed by atoms with van der Waals surface area (Å²) < 4.78 is 0. The molecule has 0 aliphatic heterocycles. The van der Waals surface area contributed by atoms with E-state index in [-0.39, 0.29) is 17.5 Å². The predicted octanol–water partition coefficient (Wildman–Crippen LogP) is 2.68. The lowest BCUT2D eigenvalue weighted by molar-refractivity contribution is -0.118. The van der Waals surface area contributed by atoms with Crippen molar-refractivity contribution < 1.29 is 4.79 Å². The molecule has 104 valence electrons. The van der Waals surface area contributed by atoms with Gasteiger partial charge in [-0.1, -0.05) is 19.8 Å². The maximum Gasteiger partial charge on any atom is 0.262 e. The predicted molar refractivity (Wildman–Crippen MR) is 77.4 cm³/mol. The second kappa shape index (κ2) is 6.85. The minimum absolute atomic E-state index is 0.147. The van der Waals surface area contributed by atoms with Gasteiger partial charge in [-0.3, -0.25) is 9.78 Å². The second-order valence-corrected chi connectivity index (χ2v) is 5.29. The molecule has 4 nitrogen and oxygen atoms in total. The van der Waals surface area contributed by atoms with Crippen LogP contribution in [0, 0.1) is 17.2 Å². The monoisotopic (exact) mass is 269 g/mol. The smallest absolute Gasteiger partial charge is 0.262 e. The first-order valence-corrected chi connectivity index (χ1v) is 7.03. The van der Waals surface area contributed by atoms with Gasteiger partial charge in [0.1, 0.15) is 11.6 Å². The highest BCUT2D eigenvalue weighted by Crippen LogP contribution is 2.24. The highest BCUT2D eigenvalue weighted by Gasteiger charge is 2.23. The molecule has 1 N–H and O–H groups in total. The maximum atomic E-state index is 12.2. The third kappa shape index (κ3) is 3.67. The Morgan fingerprint density at radius 3 is 2.75 bits per heavy atom. The van der Waals surface area contributed by atoms with Crippen LogP contribution in [-0.2, 0) is 4.79 Å². The molecular formula is C16H19N3O. The molecule has 0 saturated heterocycles. The van der Waals surface area contributed by atoms with E-state index in [0.29, 0.717) is 5.92 Å². The van der Waals surface area contributed by atoms with E-state index in [9.17, 15) is 4.79 Å². The number of carbonyl (C=O) groups is 1. The normalized spacial score (nSPS) is 22.9. The SMILES string of the molecule is C[C@@H]1CCCC[C@H]1NC(=O)/C(C#N)=C/c1ccncc1. The summed E-state index contributed by atoms with van der Waals surface area (Å²) in [7, 11) is 0. The molecule has 0 radical (unpaired) electrons. The minimum Gasteiger partial charge on any atom is -0.348 e. The first kappa shape index (κ1) is 14.3. The van der Waals surface area contributed by atoms with Gasteiger partial charge in [-0.25, -0.2) is 0 Å². The summed E-state index contributed by atoms with van der Waals surface area (Å²) in [4.78, 5) is 16.1. The molecule has 1 aliphatic rings. The van der Waals surface area contributed by atoms with Crippen LogP contribution in [-0.4, -0.2) is 16.9 Å². The van der Waals surface area contributed by atoms with Gasteiger partial charge in [-0.05, 0) is 42.5 Å². The largest absolute Gasteiger partial charge is 0.348 e. The van der Waals surface area contributed by atoms with E-state index in [1.54, 1.807) is 30.6 Å². The Morgan fingerprint density at radius 2 is 2.10 bits per heavy atom. The van der Waals surface area contributed by atoms with E-state index < -0.39 is 0 Å². The van der Waals surface area contributed by atoms with Crippen LogP contribution < -0.4 is 5.32 Å². The Balaban J connectivity index is 2.06. The summed E-state index contributed by atoms with van der Waals surface area (Å²) in [5.41, 5.74) is 0.956. The first-order valence-electron chi connectivity index (χ1n) is 7.03. The zero-order valence-corrected chi connectivity index (χ0v) is 11.7. The van der Waals surface area contributed by atoms with Gasteiger partial charge in [0.05, 0.1) is 0 Å². The molecule has 0 aromatic carbocycles. The fourth-order valence-corrected chi connectivity index (χ4v) is 2.55. The summed E-state index contributed by atoms with van der Waals surface area (Å²) in [5.74, 6) is 0.205. The van der Waals surface area contributed by atoms with Crippen LogP contribution in [0.1, 0.15) is 38.2 Å². The molecule has 4 heteroatoms. The van der Waals surface area contributed by atoms with Gasteiger partial charge in [0.2, 0.25) is 0 Å². The van der Waals surface area contributed by atoms with Crippen molar-refractivity contribution in [2.75, 3.05) is 0 Å². The van der Waals surface area contributed by atoms with E-state index in [1.807, 2.05) is 6.07 Å². The van der Waals surface area contributed by atoms with Crippen LogP contribution in [0.5, 0.6) is 0 Å². The topological polar surface area (TPSA) is 65.8 Å². The van der Waals surface area contributed by atoms with Crippen molar-refractivity contribution in [2.45, 2.75) is 38.6 Å². The van der Waals surface area contributed by atoms with E-state index >= 15 is 0 Å². The third-order valence-corrected chi connectivity index (χ3v) is 3.81. The Morgan fingerprint density at radius 1 is 1.40 bits per heavy atom. The highest BCUT2D eigenvalue weighted by molar-refractivity contribution is 6.01. The Labute approximate surface area is 119 Å². The molecule has 2 rings (SSSR count). The van der Waals surface area contributed by atoms with Crippen LogP contribution in [0.15, 0.2) is 30.1 Å². The Hall–Kier alpha value is -2.15. The number of nitrogens with zero attached hydrogens (tertiary/aromatic N) is 2. The Bertz CT molecular complexity index is 530. The number of amides is 1. The second-order valence-electron chi connectivity index (χ2n) is 5.29. The zero-order chi connectivity index (χ0) is 14.4. The number of nitriles is 1. The Kier molecular flexibility index (Phi) is 4.89. The van der Waals surface area contributed by atoms with Crippen LogP contribution in [0.2, 0.25) is 0 Å². The maximum absolute atomic E-state index is 12.2. The van der Waals surface area contributed by atoms with E-state index in [4.69, 9.17) is 5.26 Å². The van der Waals surface area contributed by atoms with Crippen LogP contribution in [0.25, 0.3) is 6.08 Å². The number of hydrogen-bond acceptors (Lipinski definition) is 3. The number of carbonyl (C=O) groups excluding carboxylic acids is 1. The summed E-state index contributed by atoms with van der Waals surface area (Å²) in [5, 5.41) is 12.2. The van der Waals surface area contributed by atoms with E-state index in [1.165, 1.54) is 6.42 Å². The lowest BCUT2D eigenvalue weighted by Crippen LogP contribution is -2.41. The molecule has 1 heterocycles. The summed E-state index contributed by atoms with van der Waals surface area (Å²) in [6, 6.07) is 5.71. The molecule has 0 unspecified atom stereocenters. The van der Waals surface area contributed by atoms with Crippen LogP contribution in [0.4, 0.5) is 0 Å². The molecule has 1 aromatic heterocycles. The molecule has 1 aliphatic carbocycles. The van der Waals surface area contributed by atoms with Crippen molar-refractivity contribution >= 4 is 12.0 Å². The van der Waals surface area contributed by atoms with Gasteiger partial charge in [-0.15, -0.1) is 0 Å². The molecule has 1 amide bonds. The van der Waals surface area contributed by atoms with Gasteiger partial charge < -0.3 is 5.32 Å². The lowest BCUT2D eigenvalue weighted by Gasteiger charge is -2.29. The third-order valence-electron chi connectivity index (χ3n) is 3.81. The standard InChI is InChI=1S/C16H19N3O/c1-12-4-2-3-5-15(12)19-16(20)14(11-17)10-13-6-8-18-9-7-13/h6-10,12,15H,2-5H2,1H3,(H,19,20)/b14-10+/t12-,15-/m1/s1. The van der Waals surface area contributed by atoms with E-state index in [2.05, 4.69) is 17.2 Å². The van der Waals surface area contributed by atoms with Crippen molar-refractivity contribution in [2.24, 2.45) is 5.92 Å². The van der Waals surface area contributed by atoms with E-state index in [0.717, 1.165) is 24.8 Å². The average molecular weight is 269 g/mol. The molecule has 1 saturated carbocycles. The molecular weight excluding hydrogens is 250 g/mol. The summed E-state index contributed by atoms with van der Waals surface area (Å²) in [6.45, 7) is 2.16. The summed E-state index contributed by atoms with van der Waals surface area (Å²) in [6.07, 6.45) is 9.40. The van der Waals surface area contributed by atoms with Crippen molar-refractivity contribution in [3.8, 4) is 6.07 Å². The fourth-order valence-electron chi connectivity index (χ4n) is 2.55. The first-order chi connectivity index (χ1) is 9.70. The number of nitrogens with one attached hydrogen (secondary N) is 1. The quantitative estimate of drug-likeness (QED) is 0.677. The van der Waals surface area contributed by atoms with Gasteiger partial charge in [0.15, 0.2) is 0 Å². The molecule has 20 heavy (non-hydrogen) atoms. The summed E-state index contributed by atoms with van der Waals surface area (Å²) >= 11 is 0. The number of hydrogen-bond donors (Lipinski definition) is 1. The molecule has 1 fully saturated rings. The minimum atomic E-state index is -0.275. The molecule has 2 atom stereocenters. The van der Waals surface area contributed by atoms with Crippen molar-refractivity contribution in [3.05, 3.63) is 35.7 Å². The number of pyridine rings is 1. The van der Waals surface area contributed by atoms with Crippen molar-refractivity contribution in [1.29, 1.82) is 5.26 Å². The molecule has 0 spiro atoms. The number of rotatable bonds is 3. The van der Waals surface area contributed by atoms with Crippen molar-refractivity contribution in [1.82, 2.24) is 10.3 Å². The van der Waals surface area contributed by atoms with Gasteiger partial charge in [0, 0.05) is 18.4 Å². The molecule has 0 bridgehead atoms. The lowest BCUT2D eigenvalue weighted by atomic mass is 9.86. The zero-order valence-electron chi connectivity index (χ0n) is 11.7. The van der Waals surface area contributed by atoms with Gasteiger partial charge in [0.25, 0.3) is 5.91 Å². The van der Waals surface area contributed by atoms with Crippen LogP contribution >= 0.6 is 0 Å². The van der Waals surface area contributed by atoms with Gasteiger partial charge >= 0.3 is 0 Å². The van der Waals surface area contributed by atoms with Crippen LogP contribution in [0.3, 0.4) is 0 Å². The average Bonchev–Trinajstić information content (AvgIpc) is 2.48. The highest BCUT2D eigenvalue weighted by atomic mass is 16.1. The fraction of sp³-hybridized carbons (Fsp3) is 0.438.